The lowest BCUT2D eigenvalue weighted by atomic mass is 10.1. The van der Waals surface area contributed by atoms with Gasteiger partial charge in [-0.2, -0.15) is 0 Å². The summed E-state index contributed by atoms with van der Waals surface area (Å²) >= 11 is 0. The Morgan fingerprint density at radius 1 is 0.964 bits per heavy atom. The van der Waals surface area contributed by atoms with Crippen LogP contribution in [0.5, 0.6) is 5.75 Å². The fourth-order valence-corrected chi connectivity index (χ4v) is 2.90. The Labute approximate surface area is 162 Å². The van der Waals surface area contributed by atoms with E-state index in [-0.39, 0.29) is 6.03 Å². The van der Waals surface area contributed by atoms with Gasteiger partial charge in [0, 0.05) is 18.0 Å². The highest BCUT2D eigenvalue weighted by Gasteiger charge is 2.11. The van der Waals surface area contributed by atoms with E-state index in [0.717, 1.165) is 22.7 Å². The second-order valence-electron chi connectivity index (χ2n) is 6.18. The van der Waals surface area contributed by atoms with Crippen molar-refractivity contribution in [1.29, 1.82) is 0 Å². The van der Waals surface area contributed by atoms with E-state index in [9.17, 15) is 4.79 Å². The normalized spacial score (nSPS) is 10.6. The SMILES string of the molecule is O=C(NCCOc1ccccc1)Nc1ccccc1-c1cn2ccccc2n1. The maximum Gasteiger partial charge on any atom is 0.319 e. The molecular weight excluding hydrogens is 352 g/mol. The van der Waals surface area contributed by atoms with Crippen LogP contribution in [0.3, 0.4) is 0 Å². The molecule has 6 nitrogen and oxygen atoms in total. The molecule has 0 aliphatic carbocycles. The van der Waals surface area contributed by atoms with E-state index in [0.29, 0.717) is 18.8 Å². The van der Waals surface area contributed by atoms with E-state index in [1.165, 1.54) is 0 Å². The maximum atomic E-state index is 12.3. The number of urea groups is 1. The highest BCUT2D eigenvalue weighted by Crippen LogP contribution is 2.27. The van der Waals surface area contributed by atoms with Gasteiger partial charge in [-0.3, -0.25) is 0 Å². The second kappa shape index (κ2) is 8.26. The molecule has 0 bridgehead atoms. The Morgan fingerprint density at radius 3 is 2.61 bits per heavy atom. The van der Waals surface area contributed by atoms with E-state index in [1.807, 2.05) is 89.6 Å². The number of aromatic nitrogens is 2. The van der Waals surface area contributed by atoms with Gasteiger partial charge >= 0.3 is 6.03 Å². The average Bonchev–Trinajstić information content (AvgIpc) is 3.16. The van der Waals surface area contributed by atoms with Gasteiger partial charge in [-0.25, -0.2) is 9.78 Å². The van der Waals surface area contributed by atoms with Gasteiger partial charge in [0.2, 0.25) is 0 Å². The van der Waals surface area contributed by atoms with Crippen LogP contribution in [0.2, 0.25) is 0 Å². The largest absolute Gasteiger partial charge is 0.492 e. The number of ether oxygens (including phenoxy) is 1. The molecule has 0 fully saturated rings. The third-order valence-electron chi connectivity index (χ3n) is 4.21. The first-order valence-electron chi connectivity index (χ1n) is 9.05. The zero-order chi connectivity index (χ0) is 19.2. The van der Waals surface area contributed by atoms with Crippen LogP contribution in [0.15, 0.2) is 85.2 Å². The summed E-state index contributed by atoms with van der Waals surface area (Å²) in [5, 5.41) is 5.70. The Hall–Kier alpha value is -3.80. The van der Waals surface area contributed by atoms with Gasteiger partial charge in [-0.05, 0) is 30.3 Å². The first kappa shape index (κ1) is 17.6. The Bertz CT molecular complexity index is 1040. The molecule has 4 aromatic rings. The number of carbonyl (C=O) groups excluding carboxylic acids is 1. The molecule has 0 spiro atoms. The molecular formula is C22H20N4O2. The van der Waals surface area contributed by atoms with Crippen LogP contribution in [0, 0.1) is 0 Å². The molecule has 2 N–H and O–H groups in total. The summed E-state index contributed by atoms with van der Waals surface area (Å²) in [6, 6.07) is 22.7. The lowest BCUT2D eigenvalue weighted by molar-refractivity contribution is 0.247. The number of nitrogens with one attached hydrogen (secondary N) is 2. The molecule has 0 saturated carbocycles. The van der Waals surface area contributed by atoms with Crippen molar-refractivity contribution in [3.05, 3.63) is 85.2 Å². The minimum Gasteiger partial charge on any atom is -0.492 e. The molecule has 2 aromatic heterocycles. The highest BCUT2D eigenvalue weighted by atomic mass is 16.5. The van der Waals surface area contributed by atoms with Crippen molar-refractivity contribution >= 4 is 17.4 Å². The number of hydrogen-bond donors (Lipinski definition) is 2. The summed E-state index contributed by atoms with van der Waals surface area (Å²) in [5.41, 5.74) is 3.22. The van der Waals surface area contributed by atoms with E-state index < -0.39 is 0 Å². The minimum absolute atomic E-state index is 0.284. The molecule has 0 radical (unpaired) electrons. The summed E-state index contributed by atoms with van der Waals surface area (Å²) in [6.45, 7) is 0.794. The molecule has 2 amide bonds. The van der Waals surface area contributed by atoms with Crippen molar-refractivity contribution in [1.82, 2.24) is 14.7 Å². The smallest absolute Gasteiger partial charge is 0.319 e. The quantitative estimate of drug-likeness (QED) is 0.499. The standard InChI is InChI=1S/C22H20N4O2/c27-22(23-13-15-28-17-8-2-1-3-9-17)25-19-11-5-4-10-18(19)20-16-26-14-7-6-12-21(26)24-20/h1-12,14,16H,13,15H2,(H2,23,25,27). The molecule has 28 heavy (non-hydrogen) atoms. The molecule has 0 aliphatic heterocycles. The Kier molecular flexibility index (Phi) is 5.20. The number of pyridine rings is 1. The number of hydrogen-bond acceptors (Lipinski definition) is 3. The van der Waals surface area contributed by atoms with E-state index in [4.69, 9.17) is 4.74 Å². The molecule has 2 aromatic carbocycles. The van der Waals surface area contributed by atoms with E-state index in [2.05, 4.69) is 15.6 Å². The number of imidazole rings is 1. The number of fused-ring (bicyclic) bond motifs is 1. The second-order valence-corrected chi connectivity index (χ2v) is 6.18. The minimum atomic E-state index is -0.284. The van der Waals surface area contributed by atoms with Crippen LogP contribution in [-0.2, 0) is 0 Å². The monoisotopic (exact) mass is 372 g/mol. The van der Waals surface area contributed by atoms with Gasteiger partial charge in [0.25, 0.3) is 0 Å². The Balaban J connectivity index is 1.39. The number of rotatable bonds is 6. The van der Waals surface area contributed by atoms with Crippen molar-refractivity contribution in [3.8, 4) is 17.0 Å². The number of nitrogens with zero attached hydrogens (tertiary/aromatic N) is 2. The van der Waals surface area contributed by atoms with Gasteiger partial charge in [-0.15, -0.1) is 0 Å². The zero-order valence-electron chi connectivity index (χ0n) is 15.2. The van der Waals surface area contributed by atoms with E-state index >= 15 is 0 Å². The van der Waals surface area contributed by atoms with Crippen LogP contribution in [0.25, 0.3) is 16.9 Å². The molecule has 0 saturated heterocycles. The van der Waals surface area contributed by atoms with Crippen LogP contribution in [-0.4, -0.2) is 28.6 Å². The van der Waals surface area contributed by atoms with Crippen LogP contribution >= 0.6 is 0 Å². The summed E-state index contributed by atoms with van der Waals surface area (Å²) in [5.74, 6) is 0.780. The fraction of sp³-hybridized carbons (Fsp3) is 0.0909. The first-order chi connectivity index (χ1) is 13.8. The van der Waals surface area contributed by atoms with Crippen molar-refractivity contribution < 1.29 is 9.53 Å². The van der Waals surface area contributed by atoms with Gasteiger partial charge in [0.15, 0.2) is 0 Å². The maximum absolute atomic E-state index is 12.3. The molecule has 6 heteroatoms. The van der Waals surface area contributed by atoms with Crippen molar-refractivity contribution in [2.24, 2.45) is 0 Å². The number of benzene rings is 2. The molecule has 2 heterocycles. The summed E-state index contributed by atoms with van der Waals surface area (Å²) in [6.07, 6.45) is 3.89. The van der Waals surface area contributed by atoms with Crippen molar-refractivity contribution in [3.63, 3.8) is 0 Å². The predicted molar refractivity (Wildman–Crippen MR) is 110 cm³/mol. The van der Waals surface area contributed by atoms with Gasteiger partial charge in [-0.1, -0.05) is 42.5 Å². The van der Waals surface area contributed by atoms with Crippen LogP contribution in [0.1, 0.15) is 0 Å². The third kappa shape index (κ3) is 4.12. The number of amides is 2. The van der Waals surface area contributed by atoms with Gasteiger partial charge in [0.05, 0.1) is 17.9 Å². The summed E-state index contributed by atoms with van der Waals surface area (Å²) in [4.78, 5) is 16.9. The summed E-state index contributed by atoms with van der Waals surface area (Å²) < 4.78 is 7.53. The Morgan fingerprint density at radius 2 is 1.75 bits per heavy atom. The topological polar surface area (TPSA) is 67.7 Å². The highest BCUT2D eigenvalue weighted by molar-refractivity contribution is 5.94. The molecule has 0 atom stereocenters. The molecule has 4 rings (SSSR count). The van der Waals surface area contributed by atoms with Crippen molar-refractivity contribution in [2.75, 3.05) is 18.5 Å². The number of para-hydroxylation sites is 2. The van der Waals surface area contributed by atoms with Crippen LogP contribution < -0.4 is 15.4 Å². The number of anilines is 1. The van der Waals surface area contributed by atoms with Crippen molar-refractivity contribution in [2.45, 2.75) is 0 Å². The lowest BCUT2D eigenvalue weighted by Gasteiger charge is -2.11. The lowest BCUT2D eigenvalue weighted by Crippen LogP contribution is -2.32. The van der Waals surface area contributed by atoms with Gasteiger partial charge < -0.3 is 19.8 Å². The summed E-state index contributed by atoms with van der Waals surface area (Å²) in [7, 11) is 0. The van der Waals surface area contributed by atoms with Gasteiger partial charge in [0.1, 0.15) is 18.0 Å². The fourth-order valence-electron chi connectivity index (χ4n) is 2.90. The molecule has 0 aliphatic rings. The first-order valence-corrected chi connectivity index (χ1v) is 9.05. The predicted octanol–water partition coefficient (Wildman–Crippen LogP) is 4.20. The zero-order valence-corrected chi connectivity index (χ0v) is 15.2. The van der Waals surface area contributed by atoms with E-state index in [1.54, 1.807) is 0 Å². The molecule has 140 valence electrons. The molecule has 0 unspecified atom stereocenters. The average molecular weight is 372 g/mol. The van der Waals surface area contributed by atoms with Crippen LogP contribution in [0.4, 0.5) is 10.5 Å². The third-order valence-corrected chi connectivity index (χ3v) is 4.21. The number of carbonyl (C=O) groups is 1.